The quantitative estimate of drug-likeness (QED) is 0.0343. The highest BCUT2D eigenvalue weighted by Gasteiger charge is 2.19. The van der Waals surface area contributed by atoms with Crippen LogP contribution in [-0.4, -0.2) is 37.2 Å². The molecule has 6 nitrogen and oxygen atoms in total. The van der Waals surface area contributed by atoms with Gasteiger partial charge < -0.3 is 14.2 Å². The SMILES string of the molecule is CCCCCCCCCCCCCCCCCC(=O)O[C@H](COC(=O)CCCCCCCCCCCCCC)COC(=O)CCCCCCCCCCCCCCCCCCCCC(C)CC. The molecule has 0 aromatic rings. The van der Waals surface area contributed by atoms with Gasteiger partial charge in [-0.2, -0.15) is 0 Å². The lowest BCUT2D eigenvalue weighted by atomic mass is 9.99. The van der Waals surface area contributed by atoms with Crippen LogP contribution in [0.15, 0.2) is 0 Å². The Morgan fingerprint density at radius 3 is 0.776 bits per heavy atom. The fourth-order valence-electron chi connectivity index (χ4n) is 9.42. The molecule has 0 N–H and O–H groups in total. The van der Waals surface area contributed by atoms with E-state index >= 15 is 0 Å². The molecule has 0 spiro atoms. The van der Waals surface area contributed by atoms with Crippen molar-refractivity contribution in [3.8, 4) is 0 Å². The predicted octanol–water partition coefficient (Wildman–Crippen LogP) is 20.2. The van der Waals surface area contributed by atoms with Crippen molar-refractivity contribution in [1.82, 2.24) is 0 Å². The second-order valence-corrected chi connectivity index (χ2v) is 21.2. The molecule has 0 aliphatic heterocycles. The third-order valence-corrected chi connectivity index (χ3v) is 14.4. The number of rotatable bonds is 56. The first-order valence-electron chi connectivity index (χ1n) is 30.4. The summed E-state index contributed by atoms with van der Waals surface area (Å²) in [6.45, 7) is 9.11. The number of esters is 3. The third-order valence-electron chi connectivity index (χ3n) is 14.4. The minimum atomic E-state index is -0.761. The van der Waals surface area contributed by atoms with E-state index in [0.29, 0.717) is 19.3 Å². The zero-order valence-corrected chi connectivity index (χ0v) is 45.9. The van der Waals surface area contributed by atoms with E-state index in [4.69, 9.17) is 14.2 Å². The highest BCUT2D eigenvalue weighted by Crippen LogP contribution is 2.19. The Kier molecular flexibility index (Phi) is 54.0. The molecule has 0 aromatic carbocycles. The van der Waals surface area contributed by atoms with Gasteiger partial charge in [0.1, 0.15) is 13.2 Å². The van der Waals surface area contributed by atoms with Crippen molar-refractivity contribution in [2.45, 2.75) is 355 Å². The lowest BCUT2D eigenvalue weighted by molar-refractivity contribution is -0.167. The molecule has 0 saturated heterocycles. The Labute approximate surface area is 418 Å². The van der Waals surface area contributed by atoms with Crippen molar-refractivity contribution in [3.05, 3.63) is 0 Å². The summed E-state index contributed by atoms with van der Waals surface area (Å²) in [4.78, 5) is 38.2. The van der Waals surface area contributed by atoms with Gasteiger partial charge in [-0.3, -0.25) is 14.4 Å². The topological polar surface area (TPSA) is 78.9 Å². The molecule has 6 heteroatoms. The second kappa shape index (κ2) is 55.3. The van der Waals surface area contributed by atoms with Crippen molar-refractivity contribution in [1.29, 1.82) is 0 Å². The molecule has 398 valence electrons. The average Bonchev–Trinajstić information content (AvgIpc) is 3.33. The van der Waals surface area contributed by atoms with E-state index in [9.17, 15) is 14.4 Å². The van der Waals surface area contributed by atoms with E-state index in [1.807, 2.05) is 0 Å². The summed E-state index contributed by atoms with van der Waals surface area (Å²) in [7, 11) is 0. The number of hydrogen-bond acceptors (Lipinski definition) is 6. The summed E-state index contributed by atoms with van der Waals surface area (Å²) < 4.78 is 16.9. The fraction of sp³-hybridized carbons (Fsp3) is 0.951. The maximum atomic E-state index is 12.9. The van der Waals surface area contributed by atoms with Crippen LogP contribution in [0.1, 0.15) is 349 Å². The molecule has 0 aliphatic rings. The molecule has 0 saturated carbocycles. The predicted molar refractivity (Wildman–Crippen MR) is 289 cm³/mol. The van der Waals surface area contributed by atoms with Gasteiger partial charge in [-0.25, -0.2) is 0 Å². The number of carbonyl (C=O) groups excluding carboxylic acids is 3. The lowest BCUT2D eigenvalue weighted by Crippen LogP contribution is -2.30. The molecule has 0 fully saturated rings. The largest absolute Gasteiger partial charge is 0.462 e. The molecule has 0 amide bonds. The van der Waals surface area contributed by atoms with E-state index in [-0.39, 0.29) is 31.1 Å². The standard InChI is InChI=1S/C61H118O6/c1-5-8-10-12-14-16-18-20-25-30-34-38-42-46-50-54-61(64)67-58(55-65-59(62)52-48-44-40-36-32-19-17-15-13-11-9-6-2)56-66-60(63)53-49-45-41-37-33-29-27-24-22-21-23-26-28-31-35-39-43-47-51-57(4)7-3/h57-58H,5-56H2,1-4H3/t57?,58-/m1/s1. The minimum Gasteiger partial charge on any atom is -0.462 e. The molecular weight excluding hydrogens is 829 g/mol. The van der Waals surface area contributed by atoms with Gasteiger partial charge in [0.15, 0.2) is 6.10 Å². The fourth-order valence-corrected chi connectivity index (χ4v) is 9.42. The van der Waals surface area contributed by atoms with E-state index in [1.54, 1.807) is 0 Å². The first-order chi connectivity index (χ1) is 32.9. The summed E-state index contributed by atoms with van der Waals surface area (Å²) in [6.07, 6.45) is 60.9. The molecule has 67 heavy (non-hydrogen) atoms. The van der Waals surface area contributed by atoms with Crippen LogP contribution in [-0.2, 0) is 28.6 Å². The van der Waals surface area contributed by atoms with Crippen LogP contribution >= 0.6 is 0 Å². The maximum Gasteiger partial charge on any atom is 0.306 e. The molecule has 2 atom stereocenters. The van der Waals surface area contributed by atoms with Crippen molar-refractivity contribution in [2.75, 3.05) is 13.2 Å². The Balaban J connectivity index is 4.22. The second-order valence-electron chi connectivity index (χ2n) is 21.2. The zero-order valence-electron chi connectivity index (χ0n) is 45.9. The van der Waals surface area contributed by atoms with E-state index in [2.05, 4.69) is 27.7 Å². The van der Waals surface area contributed by atoms with Gasteiger partial charge in [-0.05, 0) is 25.2 Å². The summed E-state index contributed by atoms with van der Waals surface area (Å²) in [6, 6.07) is 0. The first kappa shape index (κ1) is 65.4. The van der Waals surface area contributed by atoms with Crippen LogP contribution in [0.5, 0.6) is 0 Å². The van der Waals surface area contributed by atoms with E-state index < -0.39 is 6.10 Å². The lowest BCUT2D eigenvalue weighted by Gasteiger charge is -2.18. The number of ether oxygens (including phenoxy) is 3. The number of unbranched alkanes of at least 4 members (excludes halogenated alkanes) is 42. The smallest absolute Gasteiger partial charge is 0.306 e. The Bertz CT molecular complexity index is 1010. The van der Waals surface area contributed by atoms with Gasteiger partial charge in [0.2, 0.25) is 0 Å². The van der Waals surface area contributed by atoms with Crippen molar-refractivity contribution in [3.63, 3.8) is 0 Å². The van der Waals surface area contributed by atoms with E-state index in [1.165, 1.54) is 244 Å². The number of carbonyl (C=O) groups is 3. The van der Waals surface area contributed by atoms with Crippen molar-refractivity contribution in [2.24, 2.45) is 5.92 Å². The maximum absolute atomic E-state index is 12.9. The van der Waals surface area contributed by atoms with Crippen molar-refractivity contribution >= 4 is 17.9 Å². The average molecular weight is 948 g/mol. The molecule has 0 heterocycles. The summed E-state index contributed by atoms with van der Waals surface area (Å²) in [5, 5.41) is 0. The van der Waals surface area contributed by atoms with Gasteiger partial charge >= 0.3 is 17.9 Å². The highest BCUT2D eigenvalue weighted by molar-refractivity contribution is 5.71. The first-order valence-corrected chi connectivity index (χ1v) is 30.4. The molecule has 0 radical (unpaired) electrons. The Morgan fingerprint density at radius 1 is 0.299 bits per heavy atom. The zero-order chi connectivity index (χ0) is 48.8. The van der Waals surface area contributed by atoms with Gasteiger partial charge in [0.05, 0.1) is 0 Å². The van der Waals surface area contributed by atoms with Crippen LogP contribution in [0.3, 0.4) is 0 Å². The normalized spacial score (nSPS) is 12.4. The monoisotopic (exact) mass is 947 g/mol. The van der Waals surface area contributed by atoms with E-state index in [0.717, 1.165) is 63.7 Å². The molecule has 0 bridgehead atoms. The highest BCUT2D eigenvalue weighted by atomic mass is 16.6. The van der Waals surface area contributed by atoms with Gasteiger partial charge in [-0.15, -0.1) is 0 Å². The molecule has 0 rings (SSSR count). The van der Waals surface area contributed by atoms with Crippen molar-refractivity contribution < 1.29 is 28.6 Å². The summed E-state index contributed by atoms with van der Waals surface area (Å²) >= 11 is 0. The van der Waals surface area contributed by atoms with Crippen LogP contribution < -0.4 is 0 Å². The van der Waals surface area contributed by atoms with Crippen LogP contribution in [0.4, 0.5) is 0 Å². The van der Waals surface area contributed by atoms with Crippen LogP contribution in [0, 0.1) is 5.92 Å². The van der Waals surface area contributed by atoms with Gasteiger partial charge in [0, 0.05) is 19.3 Å². The molecular formula is C61H118O6. The third kappa shape index (κ3) is 53.6. The summed E-state index contributed by atoms with van der Waals surface area (Å²) in [5.41, 5.74) is 0. The minimum absolute atomic E-state index is 0.0615. The Morgan fingerprint density at radius 2 is 0.522 bits per heavy atom. The molecule has 1 unspecified atom stereocenters. The summed E-state index contributed by atoms with van der Waals surface area (Å²) in [5.74, 6) is 0.0778. The Hall–Kier alpha value is -1.59. The van der Waals surface area contributed by atoms with Gasteiger partial charge in [0.25, 0.3) is 0 Å². The van der Waals surface area contributed by atoms with Crippen LogP contribution in [0.2, 0.25) is 0 Å². The van der Waals surface area contributed by atoms with Crippen LogP contribution in [0.25, 0.3) is 0 Å². The van der Waals surface area contributed by atoms with Gasteiger partial charge in [-0.1, -0.05) is 310 Å². The molecule has 0 aromatic heterocycles. The molecule has 0 aliphatic carbocycles. The number of hydrogen-bond donors (Lipinski definition) is 0.